The maximum Gasteiger partial charge on any atom is 0.186 e. The zero-order valence-corrected chi connectivity index (χ0v) is 26.8. The van der Waals surface area contributed by atoms with Crippen molar-refractivity contribution in [1.29, 1.82) is 0 Å². The lowest BCUT2D eigenvalue weighted by atomic mass is 9.99. The fraction of sp³-hybridized carbons (Fsp3) is 0.971. The van der Waals surface area contributed by atoms with Crippen molar-refractivity contribution < 1.29 is 39.8 Å². The van der Waals surface area contributed by atoms with E-state index in [1.165, 1.54) is 122 Å². The first kappa shape index (κ1) is 39.4. The maximum absolute atomic E-state index is 12.1. The van der Waals surface area contributed by atoms with Gasteiger partial charge in [-0.1, -0.05) is 128 Å². The van der Waals surface area contributed by atoms with Gasteiger partial charge in [-0.2, -0.15) is 0 Å². The molecule has 0 aromatic rings. The summed E-state index contributed by atoms with van der Waals surface area (Å²) in [5, 5.41) is 48.0. The van der Waals surface area contributed by atoms with Gasteiger partial charge in [0.2, 0.25) is 0 Å². The zero-order valence-electron chi connectivity index (χ0n) is 26.8. The Hall–Kier alpha value is -0.610. The Kier molecular flexibility index (Phi) is 25.1. The Morgan fingerprint density at radius 3 is 1.43 bits per heavy atom. The minimum Gasteiger partial charge on any atom is -0.394 e. The van der Waals surface area contributed by atoms with Crippen LogP contribution in [0.15, 0.2) is 0 Å². The van der Waals surface area contributed by atoms with Gasteiger partial charge in [-0.3, -0.25) is 4.79 Å². The van der Waals surface area contributed by atoms with Crippen LogP contribution in [0.25, 0.3) is 0 Å². The van der Waals surface area contributed by atoms with Gasteiger partial charge < -0.3 is 35.0 Å². The number of hydrogen-bond donors (Lipinski definition) is 5. The number of Topliss-reactive ketones (excluding diaryl/α,β-unsaturated/α-hetero) is 1. The van der Waals surface area contributed by atoms with Crippen molar-refractivity contribution in [2.75, 3.05) is 13.2 Å². The van der Waals surface area contributed by atoms with Crippen LogP contribution in [0, 0.1) is 0 Å². The average Bonchev–Trinajstić information content (AvgIpc) is 2.97. The predicted molar refractivity (Wildman–Crippen MR) is 167 cm³/mol. The van der Waals surface area contributed by atoms with Gasteiger partial charge in [0, 0.05) is 12.8 Å². The molecule has 1 fully saturated rings. The molecule has 1 aliphatic heterocycles. The third-order valence-corrected chi connectivity index (χ3v) is 8.59. The predicted octanol–water partition coefficient (Wildman–Crippen LogP) is 6.12. The highest BCUT2D eigenvalue weighted by molar-refractivity contribution is 5.78. The maximum atomic E-state index is 12.1. The number of carbonyl (C=O) groups excluding carboxylic acids is 1. The number of ether oxygens (including phenoxy) is 2. The molecule has 0 aliphatic carbocycles. The molecule has 250 valence electrons. The molecule has 8 heteroatoms. The summed E-state index contributed by atoms with van der Waals surface area (Å²) in [5.74, 6) is 0.103. The van der Waals surface area contributed by atoms with Gasteiger partial charge in [0.1, 0.15) is 30.2 Å². The van der Waals surface area contributed by atoms with Crippen molar-refractivity contribution >= 4 is 5.78 Å². The topological polar surface area (TPSA) is 137 Å². The zero-order chi connectivity index (χ0) is 30.8. The van der Waals surface area contributed by atoms with E-state index in [9.17, 15) is 30.3 Å². The summed E-state index contributed by atoms with van der Waals surface area (Å²) in [7, 11) is 0. The molecule has 42 heavy (non-hydrogen) atoms. The lowest BCUT2D eigenvalue weighted by Crippen LogP contribution is -2.59. The van der Waals surface area contributed by atoms with Crippen LogP contribution in [0.1, 0.15) is 161 Å². The molecule has 6 atom stereocenters. The summed E-state index contributed by atoms with van der Waals surface area (Å²) in [4.78, 5) is 12.1. The van der Waals surface area contributed by atoms with Crippen LogP contribution in [-0.2, 0) is 14.3 Å². The van der Waals surface area contributed by atoms with E-state index in [4.69, 9.17) is 9.47 Å². The van der Waals surface area contributed by atoms with Crippen molar-refractivity contribution in [3.63, 3.8) is 0 Å². The first-order chi connectivity index (χ1) is 20.4. The quantitative estimate of drug-likeness (QED) is 0.0647. The van der Waals surface area contributed by atoms with E-state index in [0.717, 1.165) is 19.3 Å². The van der Waals surface area contributed by atoms with Gasteiger partial charge in [-0.25, -0.2) is 0 Å². The minimum absolute atomic E-state index is 0.0648. The van der Waals surface area contributed by atoms with Crippen molar-refractivity contribution in [2.24, 2.45) is 0 Å². The fourth-order valence-corrected chi connectivity index (χ4v) is 5.74. The summed E-state index contributed by atoms with van der Waals surface area (Å²) in [6.45, 7) is 1.45. The highest BCUT2D eigenvalue weighted by atomic mass is 16.7. The normalized spacial score (nSPS) is 23.3. The first-order valence-electron chi connectivity index (χ1n) is 17.5. The van der Waals surface area contributed by atoms with Crippen LogP contribution in [0.3, 0.4) is 0 Å². The van der Waals surface area contributed by atoms with Crippen molar-refractivity contribution in [3.05, 3.63) is 0 Å². The number of aliphatic hydroxyl groups is 5. The number of hydrogen-bond acceptors (Lipinski definition) is 8. The average molecular weight is 603 g/mol. The van der Waals surface area contributed by atoms with E-state index in [0.29, 0.717) is 6.42 Å². The van der Waals surface area contributed by atoms with Gasteiger partial charge in [0.15, 0.2) is 6.29 Å². The number of carbonyl (C=O) groups is 1. The summed E-state index contributed by atoms with van der Waals surface area (Å²) >= 11 is 0. The lowest BCUT2D eigenvalue weighted by molar-refractivity contribution is -0.300. The fourth-order valence-electron chi connectivity index (χ4n) is 5.74. The second-order valence-electron chi connectivity index (χ2n) is 12.7. The summed E-state index contributed by atoms with van der Waals surface area (Å²) < 4.78 is 10.7. The molecule has 1 rings (SSSR count). The second-order valence-corrected chi connectivity index (χ2v) is 12.7. The van der Waals surface area contributed by atoms with E-state index >= 15 is 0 Å². The van der Waals surface area contributed by atoms with E-state index in [2.05, 4.69) is 0 Å². The minimum atomic E-state index is -1.47. The molecule has 1 aliphatic rings. The Bertz CT molecular complexity index is 614. The largest absolute Gasteiger partial charge is 0.394 e. The molecular weight excluding hydrogens is 536 g/mol. The van der Waals surface area contributed by atoms with Gasteiger partial charge in [-0.15, -0.1) is 0 Å². The van der Waals surface area contributed by atoms with E-state index in [-0.39, 0.29) is 24.9 Å². The molecule has 0 radical (unpaired) electrons. The highest BCUT2D eigenvalue weighted by Crippen LogP contribution is 2.22. The number of ketones is 1. The third-order valence-electron chi connectivity index (χ3n) is 8.59. The first-order valence-corrected chi connectivity index (χ1v) is 17.5. The molecular formula is C34H66O8. The smallest absolute Gasteiger partial charge is 0.186 e. The number of aliphatic hydroxyl groups excluding tert-OH is 5. The van der Waals surface area contributed by atoms with Crippen molar-refractivity contribution in [3.8, 4) is 0 Å². The van der Waals surface area contributed by atoms with Crippen LogP contribution in [0.5, 0.6) is 0 Å². The lowest BCUT2D eigenvalue weighted by Gasteiger charge is -2.39. The van der Waals surface area contributed by atoms with E-state index < -0.39 is 37.3 Å². The Morgan fingerprint density at radius 2 is 1.02 bits per heavy atom. The molecule has 8 nitrogen and oxygen atoms in total. The molecule has 1 heterocycles. The molecule has 2 unspecified atom stereocenters. The Morgan fingerprint density at radius 1 is 0.619 bits per heavy atom. The Balaban J connectivity index is 1.78. The van der Waals surface area contributed by atoms with Gasteiger partial charge in [-0.05, 0) is 19.8 Å². The standard InChI is InChI=1S/C34H66O8/c1-28(36)23-21-19-17-15-13-11-9-7-5-3-2-4-6-8-10-12-14-16-18-20-22-24-29(37)25-26-41-34-33(40)32(39)31(38)30(27-35)42-34/h28,30-36,38-40H,2-27H2,1H3/t28-,30?,31-,32?,33+,34+/m1/s1. The molecule has 0 aromatic heterocycles. The summed E-state index contributed by atoms with van der Waals surface area (Å²) in [5.41, 5.74) is 0. The second kappa shape index (κ2) is 26.8. The summed E-state index contributed by atoms with van der Waals surface area (Å²) in [6, 6.07) is 0. The van der Waals surface area contributed by atoms with Crippen LogP contribution < -0.4 is 0 Å². The monoisotopic (exact) mass is 602 g/mol. The van der Waals surface area contributed by atoms with Gasteiger partial charge in [0.05, 0.1) is 19.3 Å². The van der Waals surface area contributed by atoms with Crippen LogP contribution in [0.2, 0.25) is 0 Å². The number of unbranched alkanes of at least 4 members (excludes halogenated alkanes) is 20. The van der Waals surface area contributed by atoms with Crippen molar-refractivity contribution in [1.82, 2.24) is 0 Å². The third kappa shape index (κ3) is 20.4. The van der Waals surface area contributed by atoms with Crippen LogP contribution >= 0.6 is 0 Å². The molecule has 1 saturated heterocycles. The van der Waals surface area contributed by atoms with E-state index in [1.54, 1.807) is 0 Å². The number of rotatable bonds is 29. The molecule has 0 bridgehead atoms. The van der Waals surface area contributed by atoms with Crippen LogP contribution in [0.4, 0.5) is 0 Å². The van der Waals surface area contributed by atoms with Gasteiger partial charge in [0.25, 0.3) is 0 Å². The highest BCUT2D eigenvalue weighted by Gasteiger charge is 2.43. The molecule has 0 saturated carbocycles. The SMILES string of the molecule is C[C@@H](O)CCCCCCCCCCCCCCCCCCCCCCCC(=O)CCO[C@H]1OC(CO)[C@@H](O)C(O)[C@@H]1O. The molecule has 0 amide bonds. The van der Waals surface area contributed by atoms with Gasteiger partial charge >= 0.3 is 0 Å². The summed E-state index contributed by atoms with van der Waals surface area (Å²) in [6.07, 6.45) is 22.3. The van der Waals surface area contributed by atoms with Crippen LogP contribution in [-0.4, -0.2) is 81.3 Å². The Labute approximate surface area is 256 Å². The molecule has 0 spiro atoms. The van der Waals surface area contributed by atoms with Crippen molar-refractivity contribution in [2.45, 2.75) is 198 Å². The van der Waals surface area contributed by atoms with E-state index in [1.807, 2.05) is 6.92 Å². The molecule has 0 aromatic carbocycles. The molecule has 5 N–H and O–H groups in total.